The van der Waals surface area contributed by atoms with Crippen molar-refractivity contribution in [1.29, 1.82) is 0 Å². The van der Waals surface area contributed by atoms with Gasteiger partial charge >= 0.3 is 5.51 Å². The minimum atomic E-state index is -6.04. The molecule has 1 fully saturated rings. The Morgan fingerprint density at radius 1 is 0.852 bits per heavy atom. The van der Waals surface area contributed by atoms with E-state index < -0.39 is 52.8 Å². The monoisotopic (exact) mass is 917 g/mol. The Bertz CT molecular complexity index is 2370. The molecule has 4 aromatic carbocycles. The predicted molar refractivity (Wildman–Crippen MR) is 239 cm³/mol. The predicted octanol–water partition coefficient (Wildman–Crippen LogP) is 8.82. The number of sulfonamides is 1. The zero-order valence-corrected chi connectivity index (χ0v) is 37.3. The molecule has 0 aromatic heterocycles. The molecule has 4 aromatic rings. The second-order valence-electron chi connectivity index (χ2n) is 15.1. The normalized spacial score (nSPS) is 16.1. The third kappa shape index (κ3) is 11.9. The van der Waals surface area contributed by atoms with E-state index in [0.29, 0.717) is 31.5 Å². The Morgan fingerprint density at radius 2 is 1.51 bits per heavy atom. The van der Waals surface area contributed by atoms with Crippen LogP contribution in [0.5, 0.6) is 0 Å². The number of nitrogens with zero attached hydrogens (tertiary/aromatic N) is 3. The lowest BCUT2D eigenvalue weighted by Gasteiger charge is -2.37. The molecule has 17 heteroatoms. The van der Waals surface area contributed by atoms with Crippen LogP contribution < -0.4 is 14.9 Å². The van der Waals surface area contributed by atoms with E-state index in [0.717, 1.165) is 73.3 Å². The van der Waals surface area contributed by atoms with Gasteiger partial charge < -0.3 is 15.1 Å². The molecule has 1 amide bonds. The van der Waals surface area contributed by atoms with Crippen molar-refractivity contribution in [2.45, 2.75) is 65.8 Å². The van der Waals surface area contributed by atoms with Crippen LogP contribution >= 0.6 is 23.4 Å². The molecule has 0 unspecified atom stereocenters. The molecular formula is C44H51ClF3N5O5S3. The number of hydrogen-bond acceptors (Lipinski definition) is 10. The van der Waals surface area contributed by atoms with Crippen LogP contribution in [-0.4, -0.2) is 102 Å². The van der Waals surface area contributed by atoms with Gasteiger partial charge in [-0.15, -0.1) is 11.8 Å². The van der Waals surface area contributed by atoms with Crippen molar-refractivity contribution in [1.82, 2.24) is 14.5 Å². The highest BCUT2D eigenvalue weighted by Crippen LogP contribution is 2.37. The maximum Gasteiger partial charge on any atom is 0.501 e. The minimum absolute atomic E-state index is 0.00140. The van der Waals surface area contributed by atoms with Gasteiger partial charge in [-0.3, -0.25) is 9.69 Å². The lowest BCUT2D eigenvalue weighted by atomic mass is 9.87. The van der Waals surface area contributed by atoms with Crippen LogP contribution in [-0.2, 0) is 19.9 Å². The van der Waals surface area contributed by atoms with Gasteiger partial charge in [0.1, 0.15) is 4.90 Å². The van der Waals surface area contributed by atoms with Crippen molar-refractivity contribution < 1.29 is 34.8 Å². The summed E-state index contributed by atoms with van der Waals surface area (Å²) in [6.45, 7) is 9.58. The van der Waals surface area contributed by atoms with Gasteiger partial charge in [0, 0.05) is 72.2 Å². The van der Waals surface area contributed by atoms with E-state index in [-0.39, 0.29) is 5.56 Å². The van der Waals surface area contributed by atoms with Crippen molar-refractivity contribution in [2.24, 2.45) is 0 Å². The third-order valence-electron chi connectivity index (χ3n) is 11.1. The number of thioether (sulfide) groups is 1. The SMILES string of the molecule is CCN(CC)C[C@H](CSc1ccccc1)Nc1ccc(S(=O)(=O)NC(=O)c2ccc(N3CCN(CC4=C(c5ccc(Cl)cc5)CCCC4)CC3)cc2)cc1S(=O)(=O)C(F)(F)F. The van der Waals surface area contributed by atoms with E-state index in [1.54, 1.807) is 12.1 Å². The van der Waals surface area contributed by atoms with E-state index in [1.807, 2.05) is 65.9 Å². The molecule has 1 heterocycles. The molecule has 0 radical (unpaired) electrons. The highest BCUT2D eigenvalue weighted by molar-refractivity contribution is 7.99. The smallest absolute Gasteiger partial charge is 0.379 e. The zero-order valence-electron chi connectivity index (χ0n) is 34.1. The summed E-state index contributed by atoms with van der Waals surface area (Å²) in [7, 11) is -10.9. The van der Waals surface area contributed by atoms with Crippen molar-refractivity contribution in [2.75, 3.05) is 68.3 Å². The molecule has 61 heavy (non-hydrogen) atoms. The lowest BCUT2D eigenvalue weighted by Crippen LogP contribution is -2.47. The van der Waals surface area contributed by atoms with Gasteiger partial charge in [-0.05, 0) is 117 Å². The summed E-state index contributed by atoms with van der Waals surface area (Å²) >= 11 is 7.58. The van der Waals surface area contributed by atoms with Gasteiger partial charge in [-0.25, -0.2) is 21.6 Å². The van der Waals surface area contributed by atoms with Gasteiger partial charge in [0.15, 0.2) is 0 Å². The highest BCUT2D eigenvalue weighted by Gasteiger charge is 2.48. The van der Waals surface area contributed by atoms with Crippen LogP contribution in [0.1, 0.15) is 55.5 Å². The Hall–Kier alpha value is -4.06. The fourth-order valence-electron chi connectivity index (χ4n) is 7.64. The number of sulfone groups is 1. The first kappa shape index (κ1) is 46.4. The number of alkyl halides is 3. The molecule has 0 spiro atoms. The highest BCUT2D eigenvalue weighted by atomic mass is 35.5. The number of amides is 1. The summed E-state index contributed by atoms with van der Waals surface area (Å²) in [5.74, 6) is -0.657. The van der Waals surface area contributed by atoms with E-state index >= 15 is 0 Å². The Labute approximate surface area is 366 Å². The Balaban J connectivity index is 1.13. The summed E-state index contributed by atoms with van der Waals surface area (Å²) in [6.07, 6.45) is 4.46. The Morgan fingerprint density at radius 3 is 2.15 bits per heavy atom. The molecule has 1 saturated heterocycles. The molecule has 1 atom stereocenters. The molecule has 2 aliphatic rings. The first-order valence-corrected chi connectivity index (χ1v) is 24.6. The van der Waals surface area contributed by atoms with Gasteiger partial charge in [0.25, 0.3) is 25.8 Å². The maximum atomic E-state index is 14.1. The maximum absolute atomic E-state index is 14.1. The average Bonchev–Trinajstić information content (AvgIpc) is 3.25. The number of piperazine rings is 1. The number of rotatable bonds is 17. The quantitative estimate of drug-likeness (QED) is 0.0996. The first-order valence-electron chi connectivity index (χ1n) is 20.3. The van der Waals surface area contributed by atoms with E-state index in [4.69, 9.17) is 11.6 Å². The van der Waals surface area contributed by atoms with Crippen LogP contribution in [0.4, 0.5) is 24.5 Å². The summed E-state index contributed by atoms with van der Waals surface area (Å²) in [5.41, 5.74) is -1.18. The standard InChI is InChI=1S/C44H51ClF3N5O5S3/c1-3-51(4-2)30-36(31-59-38-11-6-5-7-12-38)49-41-23-22-39(28-42(41)60(55,56)44(46,47)48)61(57,58)50-43(54)33-16-20-37(21-17-33)53-26-24-52(25-27-53)29-34-10-8-9-13-40(34)32-14-18-35(45)19-15-32/h5-7,11-12,14-23,28,36,49H,3-4,8-10,13,24-27,29-31H2,1-2H3,(H,50,54)/t36-/m1/s1. The van der Waals surface area contributed by atoms with Crippen molar-refractivity contribution >= 4 is 66.1 Å². The summed E-state index contributed by atoms with van der Waals surface area (Å²) < 4.78 is 97.1. The number of anilines is 2. The van der Waals surface area contributed by atoms with Crippen LogP contribution in [0.2, 0.25) is 5.02 Å². The van der Waals surface area contributed by atoms with Crippen molar-refractivity contribution in [3.63, 3.8) is 0 Å². The number of benzene rings is 4. The second kappa shape index (κ2) is 20.4. The number of carbonyl (C=O) groups excluding carboxylic acids is 1. The third-order valence-corrected chi connectivity index (χ3v) is 15.3. The molecule has 0 bridgehead atoms. The van der Waals surface area contributed by atoms with Gasteiger partial charge in [0.05, 0.1) is 10.6 Å². The fraction of sp³-hybridized carbons (Fsp3) is 0.386. The number of nitrogens with one attached hydrogen (secondary N) is 2. The summed E-state index contributed by atoms with van der Waals surface area (Å²) in [6, 6.07) is 25.7. The second-order valence-corrected chi connectivity index (χ2v) is 20.2. The molecule has 0 saturated carbocycles. The zero-order chi connectivity index (χ0) is 43.8. The van der Waals surface area contributed by atoms with Crippen molar-refractivity contribution in [3.8, 4) is 0 Å². The minimum Gasteiger partial charge on any atom is -0.379 e. The largest absolute Gasteiger partial charge is 0.501 e. The number of halogens is 4. The molecule has 6 rings (SSSR count). The topological polar surface area (TPSA) is 119 Å². The first-order chi connectivity index (χ1) is 29.1. The average molecular weight is 919 g/mol. The molecule has 2 N–H and O–H groups in total. The van der Waals surface area contributed by atoms with Gasteiger partial charge in [0.2, 0.25) is 0 Å². The molecule has 1 aliphatic heterocycles. The van der Waals surface area contributed by atoms with Gasteiger partial charge in [-0.2, -0.15) is 13.2 Å². The summed E-state index contributed by atoms with van der Waals surface area (Å²) in [5, 5.41) is 3.69. The molecule has 328 valence electrons. The lowest BCUT2D eigenvalue weighted by molar-refractivity contribution is -0.0435. The van der Waals surface area contributed by atoms with Gasteiger partial charge in [-0.1, -0.05) is 61.4 Å². The Kier molecular flexibility index (Phi) is 15.5. The van der Waals surface area contributed by atoms with E-state index in [9.17, 15) is 34.8 Å². The van der Waals surface area contributed by atoms with E-state index in [1.165, 1.54) is 53.4 Å². The van der Waals surface area contributed by atoms with Crippen LogP contribution in [0.3, 0.4) is 0 Å². The fourth-order valence-corrected chi connectivity index (χ4v) is 10.7. The molecule has 1 aliphatic carbocycles. The van der Waals surface area contributed by atoms with Crippen LogP contribution in [0.15, 0.2) is 117 Å². The number of hydrogen-bond donors (Lipinski definition) is 2. The van der Waals surface area contributed by atoms with E-state index in [2.05, 4.69) is 27.2 Å². The van der Waals surface area contributed by atoms with Crippen LogP contribution in [0.25, 0.3) is 5.57 Å². The van der Waals surface area contributed by atoms with Crippen LogP contribution in [0, 0.1) is 0 Å². The summed E-state index contributed by atoms with van der Waals surface area (Å²) in [4.78, 5) is 18.8. The number of allylic oxidation sites excluding steroid dienone is 1. The number of likely N-dealkylation sites (N-methyl/N-ethyl adjacent to an activating group) is 1. The molecular weight excluding hydrogens is 867 g/mol. The van der Waals surface area contributed by atoms with Crippen molar-refractivity contribution in [3.05, 3.63) is 119 Å². The molecule has 10 nitrogen and oxygen atoms in total. The number of carbonyl (C=O) groups is 1.